The van der Waals surface area contributed by atoms with E-state index in [2.05, 4.69) is 5.32 Å². The standard InChI is InChI=1S/C18H30N2O3/c1-23-11-9-18(7-3-8-18)17(22)20-10-2-4-15(13-20)16(21)19-12-14-5-6-14/h14-15H,2-13H2,1H3,(H,19,21). The minimum Gasteiger partial charge on any atom is -0.385 e. The van der Waals surface area contributed by atoms with Gasteiger partial charge < -0.3 is 15.0 Å². The molecule has 5 nitrogen and oxygen atoms in total. The summed E-state index contributed by atoms with van der Waals surface area (Å²) in [5, 5.41) is 3.08. The van der Waals surface area contributed by atoms with Crippen LogP contribution in [0.15, 0.2) is 0 Å². The molecular weight excluding hydrogens is 292 g/mol. The number of likely N-dealkylation sites (tertiary alicyclic amines) is 1. The van der Waals surface area contributed by atoms with E-state index < -0.39 is 0 Å². The van der Waals surface area contributed by atoms with Crippen LogP contribution in [0.3, 0.4) is 0 Å². The number of nitrogens with zero attached hydrogens (tertiary/aromatic N) is 1. The highest BCUT2D eigenvalue weighted by atomic mass is 16.5. The number of hydrogen-bond donors (Lipinski definition) is 1. The van der Waals surface area contributed by atoms with Gasteiger partial charge in [-0.25, -0.2) is 0 Å². The van der Waals surface area contributed by atoms with Crippen LogP contribution < -0.4 is 5.32 Å². The van der Waals surface area contributed by atoms with Crippen LogP contribution in [0, 0.1) is 17.3 Å². The van der Waals surface area contributed by atoms with Crippen molar-refractivity contribution in [2.45, 2.75) is 51.4 Å². The van der Waals surface area contributed by atoms with Crippen molar-refractivity contribution in [3.8, 4) is 0 Å². The van der Waals surface area contributed by atoms with Crippen molar-refractivity contribution < 1.29 is 14.3 Å². The Hall–Kier alpha value is -1.10. The first-order chi connectivity index (χ1) is 11.1. The number of carbonyl (C=O) groups is 2. The van der Waals surface area contributed by atoms with Gasteiger partial charge in [0.25, 0.3) is 0 Å². The number of nitrogens with one attached hydrogen (secondary N) is 1. The molecule has 5 heteroatoms. The molecule has 3 aliphatic rings. The van der Waals surface area contributed by atoms with Crippen molar-refractivity contribution >= 4 is 11.8 Å². The van der Waals surface area contributed by atoms with Crippen molar-refractivity contribution in [2.75, 3.05) is 33.4 Å². The Balaban J connectivity index is 1.54. The summed E-state index contributed by atoms with van der Waals surface area (Å²) >= 11 is 0. The molecule has 1 N–H and O–H groups in total. The second-order valence-corrected chi connectivity index (χ2v) is 7.66. The number of amides is 2. The number of rotatable bonds is 7. The third-order valence-electron chi connectivity index (χ3n) is 5.89. The Bertz CT molecular complexity index is 444. The van der Waals surface area contributed by atoms with E-state index >= 15 is 0 Å². The van der Waals surface area contributed by atoms with E-state index in [1.165, 1.54) is 12.8 Å². The highest BCUT2D eigenvalue weighted by Gasteiger charge is 2.46. The molecule has 1 unspecified atom stereocenters. The van der Waals surface area contributed by atoms with Gasteiger partial charge in [-0.3, -0.25) is 9.59 Å². The van der Waals surface area contributed by atoms with Gasteiger partial charge in [-0.05, 0) is 50.9 Å². The molecule has 3 fully saturated rings. The fourth-order valence-electron chi connectivity index (χ4n) is 3.89. The summed E-state index contributed by atoms with van der Waals surface area (Å²) in [6.07, 6.45) is 8.24. The molecule has 1 aliphatic heterocycles. The molecule has 2 saturated carbocycles. The summed E-state index contributed by atoms with van der Waals surface area (Å²) in [5.74, 6) is 1.09. The van der Waals surface area contributed by atoms with Crippen LogP contribution in [-0.2, 0) is 14.3 Å². The molecule has 130 valence electrons. The lowest BCUT2D eigenvalue weighted by Crippen LogP contribution is -2.53. The van der Waals surface area contributed by atoms with Crippen molar-refractivity contribution in [1.82, 2.24) is 10.2 Å². The third kappa shape index (κ3) is 3.87. The molecule has 1 heterocycles. The SMILES string of the molecule is COCCC1(C(=O)N2CCCC(C(=O)NCC3CC3)C2)CCC1. The molecule has 0 aromatic heterocycles. The van der Waals surface area contributed by atoms with E-state index in [0.29, 0.717) is 19.1 Å². The maximum Gasteiger partial charge on any atom is 0.228 e. The van der Waals surface area contributed by atoms with Gasteiger partial charge in [-0.15, -0.1) is 0 Å². The maximum atomic E-state index is 13.0. The molecule has 3 rings (SSSR count). The first kappa shape index (κ1) is 16.7. The molecule has 0 aromatic rings. The van der Waals surface area contributed by atoms with Gasteiger partial charge in [0.05, 0.1) is 11.3 Å². The average molecular weight is 322 g/mol. The van der Waals surface area contributed by atoms with E-state index in [0.717, 1.165) is 51.6 Å². The predicted octanol–water partition coefficient (Wildman–Crippen LogP) is 1.96. The van der Waals surface area contributed by atoms with Crippen molar-refractivity contribution in [3.05, 3.63) is 0 Å². The summed E-state index contributed by atoms with van der Waals surface area (Å²) in [7, 11) is 1.69. The maximum absolute atomic E-state index is 13.0. The first-order valence-corrected chi connectivity index (χ1v) is 9.21. The van der Waals surface area contributed by atoms with Crippen molar-refractivity contribution in [3.63, 3.8) is 0 Å². The minimum absolute atomic E-state index is 0.0222. The Kier molecular flexibility index (Phi) is 5.24. The highest BCUT2D eigenvalue weighted by Crippen LogP contribution is 2.46. The molecule has 0 radical (unpaired) electrons. The predicted molar refractivity (Wildman–Crippen MR) is 87.8 cm³/mol. The van der Waals surface area contributed by atoms with E-state index in [4.69, 9.17) is 4.74 Å². The van der Waals surface area contributed by atoms with Gasteiger partial charge >= 0.3 is 0 Å². The van der Waals surface area contributed by atoms with Gasteiger partial charge in [0.2, 0.25) is 11.8 Å². The van der Waals surface area contributed by atoms with Crippen LogP contribution in [0.2, 0.25) is 0 Å². The van der Waals surface area contributed by atoms with Gasteiger partial charge in [0.15, 0.2) is 0 Å². The Morgan fingerprint density at radius 2 is 2.00 bits per heavy atom. The van der Waals surface area contributed by atoms with Crippen LogP contribution in [0.1, 0.15) is 51.4 Å². The lowest BCUT2D eigenvalue weighted by Gasteiger charge is -2.45. The lowest BCUT2D eigenvalue weighted by molar-refractivity contribution is -0.151. The minimum atomic E-state index is -0.206. The van der Waals surface area contributed by atoms with Crippen LogP contribution >= 0.6 is 0 Å². The zero-order chi connectivity index (χ0) is 16.3. The van der Waals surface area contributed by atoms with Crippen LogP contribution in [0.4, 0.5) is 0 Å². The summed E-state index contributed by atoms with van der Waals surface area (Å²) in [5.41, 5.74) is -0.206. The fourth-order valence-corrected chi connectivity index (χ4v) is 3.89. The first-order valence-electron chi connectivity index (χ1n) is 9.21. The normalized spacial score (nSPS) is 26.5. The molecule has 2 aliphatic carbocycles. The van der Waals surface area contributed by atoms with Crippen LogP contribution in [0.25, 0.3) is 0 Å². The fraction of sp³-hybridized carbons (Fsp3) is 0.889. The number of ether oxygens (including phenoxy) is 1. The zero-order valence-corrected chi connectivity index (χ0v) is 14.3. The van der Waals surface area contributed by atoms with E-state index in [-0.39, 0.29) is 23.1 Å². The van der Waals surface area contributed by atoms with Crippen molar-refractivity contribution in [2.24, 2.45) is 17.3 Å². The van der Waals surface area contributed by atoms with Crippen LogP contribution in [0.5, 0.6) is 0 Å². The summed E-state index contributed by atoms with van der Waals surface area (Å²) < 4.78 is 5.20. The smallest absolute Gasteiger partial charge is 0.228 e. The largest absolute Gasteiger partial charge is 0.385 e. The summed E-state index contributed by atoms with van der Waals surface area (Å²) in [6.45, 7) is 2.87. The second-order valence-electron chi connectivity index (χ2n) is 7.66. The Morgan fingerprint density at radius 1 is 1.22 bits per heavy atom. The van der Waals surface area contributed by atoms with Crippen molar-refractivity contribution in [1.29, 1.82) is 0 Å². The van der Waals surface area contributed by atoms with Gasteiger partial charge in [-0.1, -0.05) is 6.42 Å². The topological polar surface area (TPSA) is 58.6 Å². The molecule has 23 heavy (non-hydrogen) atoms. The third-order valence-corrected chi connectivity index (χ3v) is 5.89. The quantitative estimate of drug-likeness (QED) is 0.779. The van der Waals surface area contributed by atoms with Gasteiger partial charge in [0.1, 0.15) is 0 Å². The molecule has 0 spiro atoms. The lowest BCUT2D eigenvalue weighted by atomic mass is 9.65. The molecule has 0 aromatic carbocycles. The Morgan fingerprint density at radius 3 is 2.61 bits per heavy atom. The monoisotopic (exact) mass is 322 g/mol. The molecule has 1 atom stereocenters. The average Bonchev–Trinajstić information content (AvgIpc) is 3.36. The van der Waals surface area contributed by atoms with Gasteiger partial charge in [-0.2, -0.15) is 0 Å². The summed E-state index contributed by atoms with van der Waals surface area (Å²) in [6, 6.07) is 0. The van der Waals surface area contributed by atoms with E-state index in [1.54, 1.807) is 7.11 Å². The van der Waals surface area contributed by atoms with Gasteiger partial charge in [0, 0.05) is 33.4 Å². The molecular formula is C18H30N2O3. The molecule has 2 amide bonds. The number of hydrogen-bond acceptors (Lipinski definition) is 3. The second kappa shape index (κ2) is 7.20. The molecule has 0 bridgehead atoms. The van der Waals surface area contributed by atoms with Crippen LogP contribution in [-0.4, -0.2) is 50.1 Å². The number of methoxy groups -OCH3 is 1. The number of piperidine rings is 1. The highest BCUT2D eigenvalue weighted by molar-refractivity contribution is 5.85. The summed E-state index contributed by atoms with van der Waals surface area (Å²) in [4.78, 5) is 27.3. The molecule has 1 saturated heterocycles. The van der Waals surface area contributed by atoms with E-state index in [1.807, 2.05) is 4.90 Å². The van der Waals surface area contributed by atoms with E-state index in [9.17, 15) is 9.59 Å². The zero-order valence-electron chi connectivity index (χ0n) is 14.3. The number of carbonyl (C=O) groups excluding carboxylic acids is 2. The Labute approximate surface area is 139 Å².